The van der Waals surface area contributed by atoms with E-state index in [1.54, 1.807) is 0 Å². The van der Waals surface area contributed by atoms with Crippen LogP contribution in [0.2, 0.25) is 0 Å². The van der Waals surface area contributed by atoms with Crippen LogP contribution in [0.1, 0.15) is 31.2 Å². The van der Waals surface area contributed by atoms with Gasteiger partial charge in [0.25, 0.3) is 0 Å². The number of nitrogens with zero attached hydrogens (tertiary/aromatic N) is 2. The summed E-state index contributed by atoms with van der Waals surface area (Å²) in [6.07, 6.45) is 4.71. The van der Waals surface area contributed by atoms with Gasteiger partial charge in [-0.3, -0.25) is 9.69 Å². The van der Waals surface area contributed by atoms with Crippen LogP contribution in [0.3, 0.4) is 0 Å². The summed E-state index contributed by atoms with van der Waals surface area (Å²) in [5.74, 6) is 0.216. The lowest BCUT2D eigenvalue weighted by molar-refractivity contribution is -0.129. The van der Waals surface area contributed by atoms with E-state index in [-0.39, 0.29) is 11.8 Å². The van der Waals surface area contributed by atoms with Crippen LogP contribution in [0.25, 0.3) is 0 Å². The summed E-state index contributed by atoms with van der Waals surface area (Å²) in [5.41, 5.74) is 1.35. The molecule has 3 nitrogen and oxygen atoms in total. The molecule has 1 saturated carbocycles. The third-order valence-corrected chi connectivity index (χ3v) is 4.79. The van der Waals surface area contributed by atoms with E-state index < -0.39 is 0 Å². The minimum absolute atomic E-state index is 0.103. The van der Waals surface area contributed by atoms with Crippen molar-refractivity contribution < 1.29 is 4.79 Å². The molecule has 1 heterocycles. The summed E-state index contributed by atoms with van der Waals surface area (Å²) in [7, 11) is 0. The number of halogens is 1. The third-order valence-electron chi connectivity index (χ3n) is 4.56. The molecule has 2 fully saturated rings. The molecule has 1 saturated heterocycles. The second-order valence-corrected chi connectivity index (χ2v) is 6.43. The van der Waals surface area contributed by atoms with Gasteiger partial charge in [-0.15, -0.1) is 11.6 Å². The van der Waals surface area contributed by atoms with Gasteiger partial charge in [0.2, 0.25) is 5.91 Å². The first-order valence-electron chi connectivity index (χ1n) is 7.91. The molecule has 0 aromatic heterocycles. The lowest BCUT2D eigenvalue weighted by atomic mass is 10.1. The maximum atomic E-state index is 12.0. The second kappa shape index (κ2) is 6.80. The quantitative estimate of drug-likeness (QED) is 0.755. The van der Waals surface area contributed by atoms with Gasteiger partial charge in [0.05, 0.1) is 0 Å². The van der Waals surface area contributed by atoms with Gasteiger partial charge in [0, 0.05) is 25.2 Å². The fraction of sp³-hybridized carbons (Fsp3) is 0.588. The molecular formula is C17H23ClN2O. The van der Waals surface area contributed by atoms with Gasteiger partial charge in [0.15, 0.2) is 0 Å². The molecule has 4 heteroatoms. The molecule has 0 unspecified atom stereocenters. The molecule has 1 aromatic rings. The van der Waals surface area contributed by atoms with Crippen molar-refractivity contribution in [2.75, 3.05) is 19.0 Å². The van der Waals surface area contributed by atoms with Crippen LogP contribution >= 0.6 is 11.6 Å². The van der Waals surface area contributed by atoms with Gasteiger partial charge in [-0.05, 0) is 37.8 Å². The van der Waals surface area contributed by atoms with Crippen LogP contribution in [0.15, 0.2) is 30.3 Å². The first-order valence-corrected chi connectivity index (χ1v) is 8.45. The van der Waals surface area contributed by atoms with Gasteiger partial charge >= 0.3 is 0 Å². The predicted molar refractivity (Wildman–Crippen MR) is 85.3 cm³/mol. The molecule has 21 heavy (non-hydrogen) atoms. The number of hydrogen-bond donors (Lipinski definition) is 0. The topological polar surface area (TPSA) is 23.6 Å². The largest absolute Gasteiger partial charge is 0.337 e. The summed E-state index contributed by atoms with van der Waals surface area (Å²) < 4.78 is 0. The molecule has 3 rings (SSSR count). The van der Waals surface area contributed by atoms with Crippen molar-refractivity contribution in [3.05, 3.63) is 35.9 Å². The van der Waals surface area contributed by atoms with Crippen LogP contribution in [0.5, 0.6) is 0 Å². The Kier molecular flexibility index (Phi) is 4.81. The van der Waals surface area contributed by atoms with Crippen molar-refractivity contribution in [3.63, 3.8) is 0 Å². The van der Waals surface area contributed by atoms with Gasteiger partial charge in [-0.2, -0.15) is 0 Å². The Balaban J connectivity index is 1.62. The Morgan fingerprint density at radius 1 is 1.24 bits per heavy atom. The van der Waals surface area contributed by atoms with Crippen molar-refractivity contribution >= 4 is 17.5 Å². The van der Waals surface area contributed by atoms with Crippen LogP contribution in [0.4, 0.5) is 0 Å². The van der Waals surface area contributed by atoms with Crippen molar-refractivity contribution in [2.24, 2.45) is 0 Å². The Morgan fingerprint density at radius 3 is 2.67 bits per heavy atom. The number of carbonyl (C=O) groups excluding carboxylic acids is 1. The second-order valence-electron chi connectivity index (χ2n) is 6.16. The molecule has 2 aliphatic rings. The molecule has 0 spiro atoms. The van der Waals surface area contributed by atoms with Crippen LogP contribution in [-0.2, 0) is 11.3 Å². The maximum Gasteiger partial charge on any atom is 0.237 e. The zero-order valence-corrected chi connectivity index (χ0v) is 13.1. The first kappa shape index (κ1) is 14.9. The van der Waals surface area contributed by atoms with E-state index in [0.29, 0.717) is 12.1 Å². The number of benzene rings is 1. The van der Waals surface area contributed by atoms with Gasteiger partial charge < -0.3 is 4.90 Å². The van der Waals surface area contributed by atoms with Crippen LogP contribution in [0, 0.1) is 0 Å². The first-order chi connectivity index (χ1) is 10.3. The van der Waals surface area contributed by atoms with Gasteiger partial charge in [-0.25, -0.2) is 0 Å². The highest BCUT2D eigenvalue weighted by Crippen LogP contribution is 2.30. The highest BCUT2D eigenvalue weighted by molar-refractivity contribution is 6.27. The molecule has 1 aliphatic carbocycles. The lowest BCUT2D eigenvalue weighted by Gasteiger charge is -2.31. The van der Waals surface area contributed by atoms with Gasteiger partial charge in [0.1, 0.15) is 5.88 Å². The highest BCUT2D eigenvalue weighted by atomic mass is 35.5. The molecule has 0 bridgehead atoms. The third kappa shape index (κ3) is 3.78. The van der Waals surface area contributed by atoms with Gasteiger partial charge in [-0.1, -0.05) is 30.3 Å². The Bertz CT molecular complexity index is 475. The highest BCUT2D eigenvalue weighted by Gasteiger charge is 2.35. The van der Waals surface area contributed by atoms with E-state index in [2.05, 4.69) is 35.2 Å². The number of amides is 1. The monoisotopic (exact) mass is 306 g/mol. The molecule has 1 aromatic carbocycles. The number of carbonyl (C=O) groups is 1. The predicted octanol–water partition coefficient (Wildman–Crippen LogP) is 2.88. The van der Waals surface area contributed by atoms with Crippen molar-refractivity contribution in [1.29, 1.82) is 0 Å². The minimum atomic E-state index is 0.103. The van der Waals surface area contributed by atoms with E-state index in [4.69, 9.17) is 11.6 Å². The van der Waals surface area contributed by atoms with E-state index in [1.807, 2.05) is 4.90 Å². The average Bonchev–Trinajstić information content (AvgIpc) is 3.27. The zero-order valence-electron chi connectivity index (χ0n) is 12.4. The molecule has 0 radical (unpaired) electrons. The smallest absolute Gasteiger partial charge is 0.237 e. The number of rotatable bonds is 6. The van der Waals surface area contributed by atoms with E-state index in [0.717, 1.165) is 32.5 Å². The molecule has 1 aliphatic heterocycles. The van der Waals surface area contributed by atoms with E-state index in [9.17, 15) is 4.79 Å². The van der Waals surface area contributed by atoms with Crippen LogP contribution < -0.4 is 0 Å². The van der Waals surface area contributed by atoms with E-state index in [1.165, 1.54) is 18.4 Å². The number of alkyl halides is 1. The van der Waals surface area contributed by atoms with Crippen molar-refractivity contribution in [1.82, 2.24) is 9.80 Å². The molecule has 114 valence electrons. The van der Waals surface area contributed by atoms with Crippen molar-refractivity contribution in [3.8, 4) is 0 Å². The summed E-state index contributed by atoms with van der Waals surface area (Å²) in [4.78, 5) is 16.6. The van der Waals surface area contributed by atoms with E-state index >= 15 is 0 Å². The summed E-state index contributed by atoms with van der Waals surface area (Å²) in [5, 5.41) is 0. The summed E-state index contributed by atoms with van der Waals surface area (Å²) in [6, 6.07) is 11.5. The normalized spacial score (nSPS) is 22.4. The average molecular weight is 307 g/mol. The summed E-state index contributed by atoms with van der Waals surface area (Å²) in [6.45, 7) is 2.97. The molecule has 0 N–H and O–H groups in total. The zero-order chi connectivity index (χ0) is 14.7. The fourth-order valence-electron chi connectivity index (χ4n) is 3.27. The SMILES string of the molecule is O=C(CCl)N(C[C@H]1CCCN1Cc1ccccc1)C1CC1. The standard InChI is InChI=1S/C17H23ClN2O/c18-11-17(21)20(15-8-9-15)13-16-7-4-10-19(16)12-14-5-2-1-3-6-14/h1-3,5-6,15-16H,4,7-13H2/t16-/m1/s1. The number of likely N-dealkylation sites (tertiary alicyclic amines) is 1. The fourth-order valence-corrected chi connectivity index (χ4v) is 3.43. The Labute approximate surface area is 131 Å². The van der Waals surface area contributed by atoms with Crippen molar-refractivity contribution in [2.45, 2.75) is 44.3 Å². The summed E-state index contributed by atoms with van der Waals surface area (Å²) >= 11 is 5.77. The number of hydrogen-bond acceptors (Lipinski definition) is 2. The minimum Gasteiger partial charge on any atom is -0.337 e. The molecular weight excluding hydrogens is 284 g/mol. The molecule has 1 atom stereocenters. The Morgan fingerprint density at radius 2 is 2.00 bits per heavy atom. The lowest BCUT2D eigenvalue weighted by Crippen LogP contribution is -2.44. The Hall–Kier alpha value is -1.06. The molecule has 1 amide bonds. The van der Waals surface area contributed by atoms with Crippen LogP contribution in [-0.4, -0.2) is 46.8 Å². The maximum absolute atomic E-state index is 12.0.